The SMILES string of the molecule is COc1ccc(C(=O)N(C)C(C)CCSC)c(O)c1. The Morgan fingerprint density at radius 3 is 2.74 bits per heavy atom. The summed E-state index contributed by atoms with van der Waals surface area (Å²) >= 11 is 1.76. The van der Waals surface area contributed by atoms with Crippen LogP contribution in [0.3, 0.4) is 0 Å². The molecule has 0 radical (unpaired) electrons. The van der Waals surface area contributed by atoms with E-state index in [0.717, 1.165) is 12.2 Å². The lowest BCUT2D eigenvalue weighted by molar-refractivity contribution is 0.0738. The van der Waals surface area contributed by atoms with Crippen LogP contribution in [0.25, 0.3) is 0 Å². The van der Waals surface area contributed by atoms with Gasteiger partial charge in [-0.2, -0.15) is 11.8 Å². The minimum absolute atomic E-state index is 0.0479. The van der Waals surface area contributed by atoms with Crippen molar-refractivity contribution in [3.8, 4) is 11.5 Å². The van der Waals surface area contributed by atoms with Crippen LogP contribution in [0.15, 0.2) is 18.2 Å². The highest BCUT2D eigenvalue weighted by molar-refractivity contribution is 7.98. The third-order valence-corrected chi connectivity index (χ3v) is 3.80. The molecular weight excluding hydrogens is 262 g/mol. The molecule has 5 heteroatoms. The number of rotatable bonds is 6. The number of carbonyl (C=O) groups is 1. The van der Waals surface area contributed by atoms with E-state index in [9.17, 15) is 9.90 Å². The maximum Gasteiger partial charge on any atom is 0.257 e. The van der Waals surface area contributed by atoms with Crippen molar-refractivity contribution in [3.63, 3.8) is 0 Å². The van der Waals surface area contributed by atoms with Crippen LogP contribution in [-0.4, -0.2) is 48.1 Å². The van der Waals surface area contributed by atoms with Gasteiger partial charge in [-0.15, -0.1) is 0 Å². The normalized spacial score (nSPS) is 12.0. The Bertz CT molecular complexity index is 437. The van der Waals surface area contributed by atoms with Crippen molar-refractivity contribution in [1.29, 1.82) is 0 Å². The van der Waals surface area contributed by atoms with E-state index in [1.165, 1.54) is 13.2 Å². The van der Waals surface area contributed by atoms with Crippen LogP contribution in [0.4, 0.5) is 0 Å². The molecule has 1 aromatic rings. The van der Waals surface area contributed by atoms with E-state index >= 15 is 0 Å². The van der Waals surface area contributed by atoms with Gasteiger partial charge in [0.05, 0.1) is 12.7 Å². The topological polar surface area (TPSA) is 49.8 Å². The number of phenolic OH excluding ortho intramolecular Hbond substituents is 1. The average molecular weight is 283 g/mol. The van der Waals surface area contributed by atoms with E-state index in [-0.39, 0.29) is 17.7 Å². The first-order valence-electron chi connectivity index (χ1n) is 6.14. The van der Waals surface area contributed by atoms with Gasteiger partial charge >= 0.3 is 0 Å². The van der Waals surface area contributed by atoms with E-state index in [1.54, 1.807) is 35.8 Å². The predicted octanol–water partition coefficient (Wildman–Crippen LogP) is 2.61. The van der Waals surface area contributed by atoms with Crippen LogP contribution >= 0.6 is 11.8 Å². The van der Waals surface area contributed by atoms with Gasteiger partial charge in [-0.3, -0.25) is 4.79 Å². The number of methoxy groups -OCH3 is 1. The van der Waals surface area contributed by atoms with E-state index in [0.29, 0.717) is 11.3 Å². The van der Waals surface area contributed by atoms with Crippen LogP contribution in [0, 0.1) is 0 Å². The average Bonchev–Trinajstić information content (AvgIpc) is 2.42. The van der Waals surface area contributed by atoms with Gasteiger partial charge in [0.25, 0.3) is 5.91 Å². The molecule has 1 atom stereocenters. The number of carbonyl (C=O) groups excluding carboxylic acids is 1. The van der Waals surface area contributed by atoms with E-state index < -0.39 is 0 Å². The highest BCUT2D eigenvalue weighted by atomic mass is 32.2. The van der Waals surface area contributed by atoms with Gasteiger partial charge in [-0.1, -0.05) is 0 Å². The molecule has 19 heavy (non-hydrogen) atoms. The Hall–Kier alpha value is -1.36. The minimum Gasteiger partial charge on any atom is -0.507 e. The number of ether oxygens (including phenoxy) is 1. The highest BCUT2D eigenvalue weighted by Crippen LogP contribution is 2.25. The molecule has 0 fully saturated rings. The molecular formula is C14H21NO3S. The molecule has 0 aliphatic rings. The van der Waals surface area contributed by atoms with Gasteiger partial charge in [0, 0.05) is 19.2 Å². The van der Waals surface area contributed by atoms with E-state index in [4.69, 9.17) is 4.74 Å². The van der Waals surface area contributed by atoms with Gasteiger partial charge in [-0.05, 0) is 37.5 Å². The first-order valence-corrected chi connectivity index (χ1v) is 7.53. The molecule has 1 aromatic carbocycles. The summed E-state index contributed by atoms with van der Waals surface area (Å²) in [6.07, 6.45) is 2.98. The molecule has 106 valence electrons. The molecule has 0 bridgehead atoms. The lowest BCUT2D eigenvalue weighted by atomic mass is 10.1. The second-order valence-electron chi connectivity index (χ2n) is 4.43. The van der Waals surface area contributed by atoms with Crippen molar-refractivity contribution in [1.82, 2.24) is 4.90 Å². The highest BCUT2D eigenvalue weighted by Gasteiger charge is 2.20. The zero-order valence-corrected chi connectivity index (χ0v) is 12.7. The monoisotopic (exact) mass is 283 g/mol. The maximum atomic E-state index is 12.3. The summed E-state index contributed by atoms with van der Waals surface area (Å²) in [4.78, 5) is 14.0. The predicted molar refractivity (Wildman–Crippen MR) is 79.2 cm³/mol. The smallest absolute Gasteiger partial charge is 0.257 e. The van der Waals surface area contributed by atoms with E-state index in [2.05, 4.69) is 0 Å². The summed E-state index contributed by atoms with van der Waals surface area (Å²) in [6, 6.07) is 4.86. The molecule has 0 heterocycles. The number of hydrogen-bond donors (Lipinski definition) is 1. The molecule has 0 spiro atoms. The number of thioether (sulfide) groups is 1. The van der Waals surface area contributed by atoms with Gasteiger partial charge in [0.1, 0.15) is 11.5 Å². The molecule has 1 N–H and O–H groups in total. The fourth-order valence-corrected chi connectivity index (χ4v) is 2.27. The summed E-state index contributed by atoms with van der Waals surface area (Å²) in [7, 11) is 3.28. The number of phenols is 1. The summed E-state index contributed by atoms with van der Waals surface area (Å²) in [5.41, 5.74) is 0.305. The van der Waals surface area contributed by atoms with Crippen molar-refractivity contribution in [2.24, 2.45) is 0 Å². The number of aromatic hydroxyl groups is 1. The summed E-state index contributed by atoms with van der Waals surface area (Å²) < 4.78 is 5.00. The first-order chi connectivity index (χ1) is 9.01. The zero-order valence-electron chi connectivity index (χ0n) is 11.8. The quantitative estimate of drug-likeness (QED) is 0.872. The van der Waals surface area contributed by atoms with Crippen LogP contribution in [0.1, 0.15) is 23.7 Å². The van der Waals surface area contributed by atoms with Gasteiger partial charge < -0.3 is 14.7 Å². The van der Waals surface area contributed by atoms with Gasteiger partial charge in [0.15, 0.2) is 0 Å². The van der Waals surface area contributed by atoms with Crippen molar-refractivity contribution >= 4 is 17.7 Å². The lowest BCUT2D eigenvalue weighted by Crippen LogP contribution is -2.35. The maximum absolute atomic E-state index is 12.3. The molecule has 1 amide bonds. The van der Waals surface area contributed by atoms with Crippen LogP contribution in [-0.2, 0) is 0 Å². The Labute approximate surface area is 118 Å². The fraction of sp³-hybridized carbons (Fsp3) is 0.500. The number of hydrogen-bond acceptors (Lipinski definition) is 4. The van der Waals surface area contributed by atoms with Crippen molar-refractivity contribution in [3.05, 3.63) is 23.8 Å². The first kappa shape index (κ1) is 15.7. The largest absolute Gasteiger partial charge is 0.507 e. The van der Waals surface area contributed by atoms with Gasteiger partial charge in [0.2, 0.25) is 0 Å². The lowest BCUT2D eigenvalue weighted by Gasteiger charge is -2.25. The number of amides is 1. The minimum atomic E-state index is -0.172. The van der Waals surface area contributed by atoms with Crippen LogP contribution in [0.5, 0.6) is 11.5 Å². The molecule has 1 unspecified atom stereocenters. The number of benzene rings is 1. The second kappa shape index (κ2) is 7.28. The molecule has 0 aromatic heterocycles. The third-order valence-electron chi connectivity index (χ3n) is 3.16. The molecule has 0 aliphatic carbocycles. The van der Waals surface area contributed by atoms with Crippen molar-refractivity contribution < 1.29 is 14.6 Å². The van der Waals surface area contributed by atoms with Crippen molar-refractivity contribution in [2.45, 2.75) is 19.4 Å². The van der Waals surface area contributed by atoms with E-state index in [1.807, 2.05) is 13.2 Å². The number of nitrogens with zero attached hydrogens (tertiary/aromatic N) is 1. The molecule has 0 aliphatic heterocycles. The molecule has 1 rings (SSSR count). The Kier molecular flexibility index (Phi) is 6.02. The summed E-state index contributed by atoms with van der Waals surface area (Å²) in [5, 5.41) is 9.87. The molecule has 0 saturated carbocycles. The Balaban J connectivity index is 2.82. The van der Waals surface area contributed by atoms with Crippen LogP contribution < -0.4 is 4.74 Å². The second-order valence-corrected chi connectivity index (χ2v) is 5.42. The summed E-state index contributed by atoms with van der Waals surface area (Å²) in [5.74, 6) is 1.32. The molecule has 4 nitrogen and oxygen atoms in total. The third kappa shape index (κ3) is 4.06. The van der Waals surface area contributed by atoms with Crippen molar-refractivity contribution in [2.75, 3.05) is 26.2 Å². The Morgan fingerprint density at radius 2 is 2.21 bits per heavy atom. The fourth-order valence-electron chi connectivity index (χ4n) is 1.69. The summed E-state index contributed by atoms with van der Waals surface area (Å²) in [6.45, 7) is 2.01. The standard InChI is InChI=1S/C14H21NO3S/c1-10(7-8-19-4)15(2)14(17)12-6-5-11(18-3)9-13(12)16/h5-6,9-10,16H,7-8H2,1-4H3. The Morgan fingerprint density at radius 1 is 1.53 bits per heavy atom. The van der Waals surface area contributed by atoms with Crippen LogP contribution in [0.2, 0.25) is 0 Å². The van der Waals surface area contributed by atoms with Gasteiger partial charge in [-0.25, -0.2) is 0 Å². The molecule has 0 saturated heterocycles. The zero-order chi connectivity index (χ0) is 14.4.